The average molecular weight is 181 g/mol. The second-order valence-corrected chi connectivity index (χ2v) is 3.44. The van der Waals surface area contributed by atoms with Crippen LogP contribution in [-0.4, -0.2) is 22.9 Å². The minimum Gasteiger partial charge on any atom is -0.475 e. The zero-order valence-corrected chi connectivity index (χ0v) is 7.86. The van der Waals surface area contributed by atoms with Crippen LogP contribution in [0.1, 0.15) is 24.5 Å². The first kappa shape index (κ1) is 8.56. The van der Waals surface area contributed by atoms with Crippen LogP contribution in [0.25, 0.3) is 0 Å². The summed E-state index contributed by atoms with van der Waals surface area (Å²) >= 11 is 0. The van der Waals surface area contributed by atoms with E-state index in [-0.39, 0.29) is 0 Å². The summed E-state index contributed by atoms with van der Waals surface area (Å²) in [6.45, 7) is 1.08. The average Bonchev–Trinajstić information content (AvgIpc) is 2.88. The molecule has 4 nitrogen and oxygen atoms in total. The summed E-state index contributed by atoms with van der Waals surface area (Å²) in [5, 5.41) is 4.25. The predicted molar refractivity (Wildman–Crippen MR) is 49.7 cm³/mol. The molecule has 0 spiro atoms. The molecule has 72 valence electrons. The van der Waals surface area contributed by atoms with Gasteiger partial charge in [0.05, 0.1) is 0 Å². The van der Waals surface area contributed by atoms with E-state index in [1.165, 1.54) is 18.5 Å². The first-order valence-electron chi connectivity index (χ1n) is 4.68. The number of aryl methyl sites for hydroxylation is 1. The minimum atomic E-state index is 0.537. The van der Waals surface area contributed by atoms with Gasteiger partial charge in [0.1, 0.15) is 6.61 Å². The van der Waals surface area contributed by atoms with Crippen LogP contribution >= 0.6 is 0 Å². The standard InChI is InChI=1S/C9H15N3O/c1-12-8(7-2-3-7)6-9(11-12)13-5-4-10/h6-7H,2-5,10H2,1H3. The van der Waals surface area contributed by atoms with Gasteiger partial charge < -0.3 is 10.5 Å². The zero-order chi connectivity index (χ0) is 9.26. The summed E-state index contributed by atoms with van der Waals surface area (Å²) in [6, 6.07) is 2.02. The lowest BCUT2D eigenvalue weighted by Gasteiger charge is -1.97. The Bertz CT molecular complexity index is 291. The van der Waals surface area contributed by atoms with Gasteiger partial charge in [-0.05, 0) is 12.8 Å². The predicted octanol–water partition coefficient (Wildman–Crippen LogP) is 0.635. The molecule has 1 aromatic rings. The van der Waals surface area contributed by atoms with Crippen molar-refractivity contribution in [3.05, 3.63) is 11.8 Å². The van der Waals surface area contributed by atoms with Crippen LogP contribution in [-0.2, 0) is 7.05 Å². The van der Waals surface area contributed by atoms with Gasteiger partial charge in [0.15, 0.2) is 0 Å². The van der Waals surface area contributed by atoms with Crippen molar-refractivity contribution in [2.45, 2.75) is 18.8 Å². The van der Waals surface area contributed by atoms with Crippen LogP contribution in [0, 0.1) is 0 Å². The highest BCUT2D eigenvalue weighted by Gasteiger charge is 2.27. The molecular formula is C9H15N3O. The van der Waals surface area contributed by atoms with Crippen molar-refractivity contribution < 1.29 is 4.74 Å². The maximum absolute atomic E-state index is 5.34. The molecule has 2 N–H and O–H groups in total. The zero-order valence-electron chi connectivity index (χ0n) is 7.86. The monoisotopic (exact) mass is 181 g/mol. The molecule has 4 heteroatoms. The molecule has 1 saturated carbocycles. The summed E-state index contributed by atoms with van der Waals surface area (Å²) < 4.78 is 7.24. The quantitative estimate of drug-likeness (QED) is 0.741. The largest absolute Gasteiger partial charge is 0.475 e. The molecule has 1 fully saturated rings. The van der Waals surface area contributed by atoms with Gasteiger partial charge in [0.2, 0.25) is 5.88 Å². The first-order valence-corrected chi connectivity index (χ1v) is 4.68. The van der Waals surface area contributed by atoms with E-state index in [0.29, 0.717) is 24.9 Å². The van der Waals surface area contributed by atoms with Crippen LogP contribution in [0.3, 0.4) is 0 Å². The van der Waals surface area contributed by atoms with E-state index in [9.17, 15) is 0 Å². The van der Waals surface area contributed by atoms with Crippen molar-refractivity contribution in [3.8, 4) is 5.88 Å². The molecule has 0 unspecified atom stereocenters. The van der Waals surface area contributed by atoms with E-state index in [0.717, 1.165) is 0 Å². The molecular weight excluding hydrogens is 166 g/mol. The van der Waals surface area contributed by atoms with Crippen LogP contribution in [0.2, 0.25) is 0 Å². The SMILES string of the molecule is Cn1nc(OCCN)cc1C1CC1. The lowest BCUT2D eigenvalue weighted by Crippen LogP contribution is -2.10. The second kappa shape index (κ2) is 3.38. The third-order valence-corrected chi connectivity index (χ3v) is 2.26. The topological polar surface area (TPSA) is 53.1 Å². The lowest BCUT2D eigenvalue weighted by molar-refractivity contribution is 0.312. The third kappa shape index (κ3) is 1.83. The highest BCUT2D eigenvalue weighted by Crippen LogP contribution is 2.40. The van der Waals surface area contributed by atoms with Crippen molar-refractivity contribution in [2.24, 2.45) is 12.8 Å². The molecule has 0 aromatic carbocycles. The van der Waals surface area contributed by atoms with E-state index in [4.69, 9.17) is 10.5 Å². The van der Waals surface area contributed by atoms with Crippen LogP contribution in [0.5, 0.6) is 5.88 Å². The molecule has 0 amide bonds. The number of rotatable bonds is 4. The van der Waals surface area contributed by atoms with Crippen LogP contribution in [0.4, 0.5) is 0 Å². The summed E-state index contributed by atoms with van der Waals surface area (Å²) in [6.07, 6.45) is 2.58. The molecule has 0 saturated heterocycles. The van der Waals surface area contributed by atoms with Crippen molar-refractivity contribution in [1.29, 1.82) is 0 Å². The number of hydrogen-bond donors (Lipinski definition) is 1. The molecule has 0 radical (unpaired) electrons. The second-order valence-electron chi connectivity index (χ2n) is 3.44. The molecule has 1 heterocycles. The van der Waals surface area contributed by atoms with Crippen molar-refractivity contribution >= 4 is 0 Å². The summed E-state index contributed by atoms with van der Waals surface area (Å²) in [5.74, 6) is 1.42. The van der Waals surface area contributed by atoms with E-state index in [1.54, 1.807) is 0 Å². The van der Waals surface area contributed by atoms with Gasteiger partial charge in [0, 0.05) is 31.3 Å². The fourth-order valence-electron chi connectivity index (χ4n) is 1.45. The van der Waals surface area contributed by atoms with Gasteiger partial charge in [0.25, 0.3) is 0 Å². The highest BCUT2D eigenvalue weighted by molar-refractivity contribution is 5.22. The molecule has 13 heavy (non-hydrogen) atoms. The fourth-order valence-corrected chi connectivity index (χ4v) is 1.45. The number of ether oxygens (including phenoxy) is 1. The summed E-state index contributed by atoms with van der Waals surface area (Å²) in [7, 11) is 1.96. The maximum Gasteiger partial charge on any atom is 0.233 e. The smallest absolute Gasteiger partial charge is 0.233 e. The minimum absolute atomic E-state index is 0.537. The maximum atomic E-state index is 5.34. The Morgan fingerprint density at radius 1 is 1.69 bits per heavy atom. The van der Waals surface area contributed by atoms with E-state index in [2.05, 4.69) is 5.10 Å². The van der Waals surface area contributed by atoms with Gasteiger partial charge in [-0.1, -0.05) is 0 Å². The van der Waals surface area contributed by atoms with E-state index in [1.807, 2.05) is 17.8 Å². The Morgan fingerprint density at radius 3 is 3.08 bits per heavy atom. The van der Waals surface area contributed by atoms with E-state index < -0.39 is 0 Å². The number of nitrogens with zero attached hydrogens (tertiary/aromatic N) is 2. The number of nitrogens with two attached hydrogens (primary N) is 1. The normalized spacial score (nSPS) is 16.2. The Balaban J connectivity index is 2.05. The van der Waals surface area contributed by atoms with Crippen LogP contribution in [0.15, 0.2) is 6.07 Å². The molecule has 1 aliphatic rings. The molecule has 1 aromatic heterocycles. The molecule has 0 bridgehead atoms. The van der Waals surface area contributed by atoms with Crippen molar-refractivity contribution in [1.82, 2.24) is 9.78 Å². The Morgan fingerprint density at radius 2 is 2.46 bits per heavy atom. The lowest BCUT2D eigenvalue weighted by atomic mass is 10.3. The Hall–Kier alpha value is -1.03. The van der Waals surface area contributed by atoms with E-state index >= 15 is 0 Å². The first-order chi connectivity index (χ1) is 6.31. The van der Waals surface area contributed by atoms with Crippen molar-refractivity contribution in [3.63, 3.8) is 0 Å². The highest BCUT2D eigenvalue weighted by atomic mass is 16.5. The van der Waals surface area contributed by atoms with Gasteiger partial charge in [-0.15, -0.1) is 5.10 Å². The van der Waals surface area contributed by atoms with Gasteiger partial charge in [-0.25, -0.2) is 0 Å². The summed E-state index contributed by atoms with van der Waals surface area (Å²) in [5.41, 5.74) is 6.62. The third-order valence-electron chi connectivity index (χ3n) is 2.26. The Labute approximate surface area is 77.7 Å². The number of hydrogen-bond acceptors (Lipinski definition) is 3. The molecule has 1 aliphatic carbocycles. The molecule has 0 aliphatic heterocycles. The Kier molecular flexibility index (Phi) is 2.22. The van der Waals surface area contributed by atoms with Gasteiger partial charge >= 0.3 is 0 Å². The molecule has 2 rings (SSSR count). The van der Waals surface area contributed by atoms with Crippen molar-refractivity contribution in [2.75, 3.05) is 13.2 Å². The fraction of sp³-hybridized carbons (Fsp3) is 0.667. The summed E-state index contributed by atoms with van der Waals surface area (Å²) in [4.78, 5) is 0. The van der Waals surface area contributed by atoms with Crippen LogP contribution < -0.4 is 10.5 Å². The molecule has 0 atom stereocenters. The van der Waals surface area contributed by atoms with Gasteiger partial charge in [-0.2, -0.15) is 0 Å². The number of aromatic nitrogens is 2. The van der Waals surface area contributed by atoms with Gasteiger partial charge in [-0.3, -0.25) is 4.68 Å².